The van der Waals surface area contributed by atoms with Gasteiger partial charge in [-0.05, 0) is 81.1 Å². The van der Waals surface area contributed by atoms with E-state index in [9.17, 15) is 19.5 Å². The number of hydrogen-bond donors (Lipinski definition) is 3. The maximum absolute atomic E-state index is 12.6. The van der Waals surface area contributed by atoms with Crippen LogP contribution in [0, 0.1) is 25.7 Å². The summed E-state index contributed by atoms with van der Waals surface area (Å²) in [7, 11) is 0. The zero-order valence-electron chi connectivity index (χ0n) is 18.4. The fourth-order valence-corrected chi connectivity index (χ4v) is 4.42. The molecule has 3 N–H and O–H groups in total. The van der Waals surface area contributed by atoms with Crippen LogP contribution in [0.2, 0.25) is 0 Å². The highest BCUT2D eigenvalue weighted by Crippen LogP contribution is 2.29. The first-order chi connectivity index (χ1) is 15.2. The van der Waals surface area contributed by atoms with Gasteiger partial charge < -0.3 is 15.7 Å². The molecule has 1 aliphatic rings. The summed E-state index contributed by atoms with van der Waals surface area (Å²) in [6.07, 6.45) is 4.45. The molecule has 0 bridgehead atoms. The van der Waals surface area contributed by atoms with Crippen LogP contribution in [0.25, 0.3) is 0 Å². The Morgan fingerprint density at radius 3 is 2.16 bits per heavy atom. The van der Waals surface area contributed by atoms with Crippen molar-refractivity contribution in [1.82, 2.24) is 0 Å². The van der Waals surface area contributed by atoms with Crippen molar-refractivity contribution in [3.05, 3.63) is 65.7 Å². The van der Waals surface area contributed by atoms with Gasteiger partial charge in [0.25, 0.3) is 0 Å². The van der Waals surface area contributed by atoms with E-state index < -0.39 is 17.8 Å². The van der Waals surface area contributed by atoms with Gasteiger partial charge in [-0.1, -0.05) is 18.2 Å². The molecule has 3 rings (SSSR count). The zero-order valence-corrected chi connectivity index (χ0v) is 19.2. The van der Waals surface area contributed by atoms with Gasteiger partial charge in [0.05, 0.1) is 17.1 Å². The van der Waals surface area contributed by atoms with Crippen molar-refractivity contribution in [2.75, 3.05) is 10.6 Å². The van der Waals surface area contributed by atoms with Gasteiger partial charge in [0.1, 0.15) is 0 Å². The number of carbonyl (C=O) groups excluding carboxylic acids is 2. The molecule has 2 aromatic carbocycles. The molecule has 7 heteroatoms. The van der Waals surface area contributed by atoms with Crippen LogP contribution in [-0.2, 0) is 14.4 Å². The second kappa shape index (κ2) is 10.5. The number of aliphatic carboxylic acids is 1. The van der Waals surface area contributed by atoms with Gasteiger partial charge in [0.15, 0.2) is 0 Å². The Balaban J connectivity index is 1.56. The van der Waals surface area contributed by atoms with Gasteiger partial charge in [-0.25, -0.2) is 0 Å². The number of aryl methyl sites for hydroxylation is 2. The number of carbonyl (C=O) groups is 3. The van der Waals surface area contributed by atoms with Gasteiger partial charge in [-0.3, -0.25) is 14.4 Å². The number of amides is 2. The summed E-state index contributed by atoms with van der Waals surface area (Å²) in [5.74, 6) is -2.61. The van der Waals surface area contributed by atoms with E-state index in [0.29, 0.717) is 18.5 Å². The second-order valence-corrected chi connectivity index (χ2v) is 9.47. The quantitative estimate of drug-likeness (QED) is 0.405. The molecule has 0 radical (unpaired) electrons. The van der Waals surface area contributed by atoms with E-state index in [1.165, 1.54) is 17.3 Å². The number of carboxylic acid groups (broad SMARTS) is 1. The lowest BCUT2D eigenvalue weighted by molar-refractivity contribution is -0.146. The van der Waals surface area contributed by atoms with Crippen LogP contribution in [0.1, 0.15) is 30.9 Å². The third kappa shape index (κ3) is 6.01. The van der Waals surface area contributed by atoms with Crippen molar-refractivity contribution in [1.29, 1.82) is 0 Å². The Kier molecular flexibility index (Phi) is 7.75. The molecule has 6 nitrogen and oxygen atoms in total. The first-order valence-corrected chi connectivity index (χ1v) is 11.5. The van der Waals surface area contributed by atoms with Gasteiger partial charge >= 0.3 is 5.97 Å². The third-order valence-corrected chi connectivity index (χ3v) is 6.78. The molecular weight excluding hydrogens is 424 g/mol. The molecule has 0 spiro atoms. The minimum Gasteiger partial charge on any atom is -0.481 e. The van der Waals surface area contributed by atoms with Crippen molar-refractivity contribution in [2.24, 2.45) is 11.8 Å². The lowest BCUT2D eigenvalue weighted by Gasteiger charge is -2.24. The standard InChI is InChI=1S/C25H28N2O4S/c1-15-8-9-19(14-16(15)2)27-23(28)17(3)32-20-12-10-18(11-13-20)26-24(29)21-6-4-5-7-22(21)25(30)31/h4-5,8-14,17,21-22H,6-7H2,1-3H3,(H,26,29)(H,27,28)(H,30,31). The van der Waals surface area contributed by atoms with Gasteiger partial charge in [0.2, 0.25) is 11.8 Å². The number of nitrogens with one attached hydrogen (secondary N) is 2. The molecule has 0 heterocycles. The molecule has 32 heavy (non-hydrogen) atoms. The Labute approximate surface area is 192 Å². The van der Waals surface area contributed by atoms with Crippen molar-refractivity contribution < 1.29 is 19.5 Å². The highest BCUT2D eigenvalue weighted by atomic mass is 32.2. The topological polar surface area (TPSA) is 95.5 Å². The lowest BCUT2D eigenvalue weighted by Crippen LogP contribution is -2.34. The highest BCUT2D eigenvalue weighted by Gasteiger charge is 2.33. The van der Waals surface area contributed by atoms with Crippen LogP contribution in [0.4, 0.5) is 11.4 Å². The van der Waals surface area contributed by atoms with E-state index in [4.69, 9.17) is 0 Å². The molecule has 3 atom stereocenters. The summed E-state index contributed by atoms with van der Waals surface area (Å²) in [6.45, 7) is 5.89. The Morgan fingerprint density at radius 2 is 1.53 bits per heavy atom. The first-order valence-electron chi connectivity index (χ1n) is 10.6. The van der Waals surface area contributed by atoms with Gasteiger partial charge in [-0.15, -0.1) is 11.8 Å². The molecular formula is C25H28N2O4S. The largest absolute Gasteiger partial charge is 0.481 e. The van der Waals surface area contributed by atoms with Crippen LogP contribution in [-0.4, -0.2) is 28.1 Å². The maximum Gasteiger partial charge on any atom is 0.307 e. The number of rotatable bonds is 7. The molecule has 0 fully saturated rings. The molecule has 2 aromatic rings. The van der Waals surface area contributed by atoms with Crippen LogP contribution < -0.4 is 10.6 Å². The Bertz CT molecular complexity index is 1030. The molecule has 2 amide bonds. The smallest absolute Gasteiger partial charge is 0.307 e. The predicted octanol–water partition coefficient (Wildman–Crippen LogP) is 5.03. The van der Waals surface area contributed by atoms with Crippen molar-refractivity contribution in [2.45, 2.75) is 43.8 Å². The van der Waals surface area contributed by atoms with E-state index in [1.807, 2.05) is 63.3 Å². The third-order valence-electron chi connectivity index (χ3n) is 5.66. The summed E-state index contributed by atoms with van der Waals surface area (Å²) < 4.78 is 0. The number of allylic oxidation sites excluding steroid dienone is 2. The van der Waals surface area contributed by atoms with E-state index in [1.54, 1.807) is 12.1 Å². The van der Waals surface area contributed by atoms with Crippen molar-refractivity contribution >= 4 is 40.9 Å². The number of benzene rings is 2. The number of thioether (sulfide) groups is 1. The molecule has 3 unspecified atom stereocenters. The summed E-state index contributed by atoms with van der Waals surface area (Å²) in [6, 6.07) is 13.1. The van der Waals surface area contributed by atoms with Crippen LogP contribution >= 0.6 is 11.8 Å². The molecule has 0 aliphatic heterocycles. The average molecular weight is 453 g/mol. The predicted molar refractivity (Wildman–Crippen MR) is 128 cm³/mol. The average Bonchev–Trinajstić information content (AvgIpc) is 2.77. The van der Waals surface area contributed by atoms with E-state index in [2.05, 4.69) is 10.6 Å². The summed E-state index contributed by atoms with van der Waals surface area (Å²) in [4.78, 5) is 37.4. The Morgan fingerprint density at radius 1 is 0.906 bits per heavy atom. The first kappa shape index (κ1) is 23.6. The minimum atomic E-state index is -0.950. The lowest BCUT2D eigenvalue weighted by atomic mass is 9.82. The van der Waals surface area contributed by atoms with Gasteiger partial charge in [0, 0.05) is 16.3 Å². The maximum atomic E-state index is 12.6. The normalized spacial score (nSPS) is 18.6. The zero-order chi connectivity index (χ0) is 23.3. The van der Waals surface area contributed by atoms with Crippen LogP contribution in [0.15, 0.2) is 59.5 Å². The van der Waals surface area contributed by atoms with Crippen molar-refractivity contribution in [3.8, 4) is 0 Å². The summed E-state index contributed by atoms with van der Waals surface area (Å²) in [5.41, 5.74) is 3.68. The fraction of sp³-hybridized carbons (Fsp3) is 0.320. The molecule has 0 saturated carbocycles. The number of anilines is 2. The van der Waals surface area contributed by atoms with E-state index in [-0.39, 0.29) is 17.1 Å². The highest BCUT2D eigenvalue weighted by molar-refractivity contribution is 8.00. The van der Waals surface area contributed by atoms with Crippen LogP contribution in [0.5, 0.6) is 0 Å². The Hall–Kier alpha value is -3.06. The summed E-state index contributed by atoms with van der Waals surface area (Å²) >= 11 is 1.43. The minimum absolute atomic E-state index is 0.0827. The number of carboxylic acids is 1. The molecule has 1 aliphatic carbocycles. The SMILES string of the molecule is Cc1ccc(NC(=O)C(C)Sc2ccc(NC(=O)C3CC=CCC3C(=O)O)cc2)cc1C. The van der Waals surface area contributed by atoms with Crippen LogP contribution in [0.3, 0.4) is 0 Å². The summed E-state index contributed by atoms with van der Waals surface area (Å²) in [5, 5.41) is 14.8. The fourth-order valence-electron chi connectivity index (χ4n) is 3.55. The molecule has 0 saturated heterocycles. The molecule has 0 aromatic heterocycles. The monoisotopic (exact) mass is 452 g/mol. The van der Waals surface area contributed by atoms with Gasteiger partial charge in [-0.2, -0.15) is 0 Å². The van der Waals surface area contributed by atoms with E-state index >= 15 is 0 Å². The molecule has 168 valence electrons. The van der Waals surface area contributed by atoms with Crippen molar-refractivity contribution in [3.63, 3.8) is 0 Å². The van der Waals surface area contributed by atoms with E-state index in [0.717, 1.165) is 16.1 Å². The second-order valence-electron chi connectivity index (χ2n) is 8.06. The number of hydrogen-bond acceptors (Lipinski definition) is 4.